The Bertz CT molecular complexity index is 921. The Kier molecular flexibility index (Phi) is 8.28. The van der Waals surface area contributed by atoms with Gasteiger partial charge < -0.3 is 24.0 Å². The van der Waals surface area contributed by atoms with Crippen LogP contribution in [0.15, 0.2) is 115 Å². The fraction of sp³-hybridized carbons (Fsp3) is 0.0769. The maximum Gasteiger partial charge on any atom is 0.116 e. The van der Waals surface area contributed by atoms with E-state index in [0.29, 0.717) is 0 Å². The molecule has 0 N–H and O–H groups in total. The Balaban J connectivity index is 0.00000240. The van der Waals surface area contributed by atoms with E-state index in [9.17, 15) is 0 Å². The molecule has 0 aliphatic carbocycles. The SMILES string of the molecule is ICc1cccc(C[P+](c2ccccc2)(c2ccccc2)c2ccccc2)c1.[I-]. The topological polar surface area (TPSA) is 0 Å². The predicted octanol–water partition coefficient (Wildman–Crippen LogP) is 3.12. The summed E-state index contributed by atoms with van der Waals surface area (Å²) in [7, 11) is -1.81. The lowest BCUT2D eigenvalue weighted by molar-refractivity contribution is -0.00000536. The number of rotatable bonds is 6. The summed E-state index contributed by atoms with van der Waals surface area (Å²) in [4.78, 5) is 0. The highest BCUT2D eigenvalue weighted by Gasteiger charge is 2.45. The van der Waals surface area contributed by atoms with Crippen molar-refractivity contribution in [3.63, 3.8) is 0 Å². The van der Waals surface area contributed by atoms with E-state index in [4.69, 9.17) is 0 Å². The van der Waals surface area contributed by atoms with Gasteiger partial charge in [-0.1, -0.05) is 101 Å². The van der Waals surface area contributed by atoms with E-state index in [1.54, 1.807) is 0 Å². The third-order valence-corrected chi connectivity index (χ3v) is 10.4. The fourth-order valence-corrected chi connectivity index (χ4v) is 8.56. The zero-order chi connectivity index (χ0) is 19.2. The molecule has 0 aliphatic heterocycles. The van der Waals surface area contributed by atoms with Crippen LogP contribution < -0.4 is 39.9 Å². The van der Waals surface area contributed by atoms with Gasteiger partial charge in [0.25, 0.3) is 0 Å². The third-order valence-electron chi connectivity index (χ3n) is 5.16. The van der Waals surface area contributed by atoms with Crippen LogP contribution in [0.25, 0.3) is 0 Å². The van der Waals surface area contributed by atoms with Crippen molar-refractivity contribution in [2.45, 2.75) is 10.6 Å². The second-order valence-corrected chi connectivity index (χ2v) is 11.2. The molecule has 0 saturated carbocycles. The van der Waals surface area contributed by atoms with Crippen molar-refractivity contribution in [2.24, 2.45) is 0 Å². The Hall–Kier alpha value is -1.23. The van der Waals surface area contributed by atoms with Crippen LogP contribution in [0.2, 0.25) is 0 Å². The molecule has 0 radical (unpaired) electrons. The Morgan fingerprint density at radius 2 is 0.931 bits per heavy atom. The largest absolute Gasteiger partial charge is 1.00 e. The highest BCUT2D eigenvalue weighted by atomic mass is 127. The Labute approximate surface area is 205 Å². The van der Waals surface area contributed by atoms with Crippen LogP contribution in [-0.2, 0) is 10.6 Å². The summed E-state index contributed by atoms with van der Waals surface area (Å²) < 4.78 is 1.04. The molecule has 4 aromatic rings. The molecule has 0 aromatic heterocycles. The van der Waals surface area contributed by atoms with E-state index in [1.807, 2.05) is 0 Å². The first-order valence-electron chi connectivity index (χ1n) is 9.51. The molecule has 0 fully saturated rings. The van der Waals surface area contributed by atoms with E-state index < -0.39 is 7.26 Å². The van der Waals surface area contributed by atoms with Gasteiger partial charge in [0.15, 0.2) is 0 Å². The van der Waals surface area contributed by atoms with Crippen LogP contribution in [0.5, 0.6) is 0 Å². The van der Waals surface area contributed by atoms with Crippen molar-refractivity contribution in [2.75, 3.05) is 0 Å². The van der Waals surface area contributed by atoms with E-state index in [-0.39, 0.29) is 24.0 Å². The zero-order valence-electron chi connectivity index (χ0n) is 16.1. The third kappa shape index (κ3) is 4.92. The summed E-state index contributed by atoms with van der Waals surface area (Å²) in [5, 5.41) is 4.31. The molecule has 0 unspecified atom stereocenters. The number of hydrogen-bond acceptors (Lipinski definition) is 0. The molecule has 29 heavy (non-hydrogen) atoms. The molecule has 0 saturated heterocycles. The second kappa shape index (κ2) is 10.7. The summed E-state index contributed by atoms with van der Waals surface area (Å²) in [6, 6.07) is 42.4. The van der Waals surface area contributed by atoms with E-state index in [0.717, 1.165) is 10.6 Å². The van der Waals surface area contributed by atoms with Crippen molar-refractivity contribution in [3.05, 3.63) is 126 Å². The normalized spacial score (nSPS) is 10.9. The average molecular weight is 620 g/mol. The van der Waals surface area contributed by atoms with E-state index in [1.165, 1.54) is 27.0 Å². The first kappa shape index (κ1) is 22.5. The summed E-state index contributed by atoms with van der Waals surface area (Å²) >= 11 is 2.45. The van der Waals surface area contributed by atoms with Gasteiger partial charge in [-0.15, -0.1) is 0 Å². The minimum atomic E-state index is -1.81. The van der Waals surface area contributed by atoms with Crippen molar-refractivity contribution >= 4 is 45.8 Å². The van der Waals surface area contributed by atoms with Crippen LogP contribution in [0.4, 0.5) is 0 Å². The first-order valence-corrected chi connectivity index (χ1v) is 13.0. The predicted molar refractivity (Wildman–Crippen MR) is 133 cm³/mol. The summed E-state index contributed by atoms with van der Waals surface area (Å²) in [6.07, 6.45) is 1.04. The summed E-state index contributed by atoms with van der Waals surface area (Å²) in [5.74, 6) is 0. The molecular weight excluding hydrogens is 597 g/mol. The zero-order valence-corrected chi connectivity index (χ0v) is 21.3. The van der Waals surface area contributed by atoms with Gasteiger partial charge in [-0.2, -0.15) is 0 Å². The van der Waals surface area contributed by atoms with Gasteiger partial charge in [0.1, 0.15) is 23.2 Å². The standard InChI is InChI=1S/C26H23IP.HI/c27-20-22-11-10-12-23(19-22)21-28(24-13-4-1-5-14-24,25-15-6-2-7-16-25)26-17-8-3-9-18-26;/h1-19H,20-21H2;1H/q+1;/p-1. The Morgan fingerprint density at radius 3 is 1.34 bits per heavy atom. The quantitative estimate of drug-likeness (QED) is 0.177. The minimum absolute atomic E-state index is 0. The van der Waals surface area contributed by atoms with Crippen molar-refractivity contribution in [1.82, 2.24) is 0 Å². The molecule has 0 aliphatic rings. The van der Waals surface area contributed by atoms with Gasteiger partial charge in [0, 0.05) is 4.43 Å². The monoisotopic (exact) mass is 620 g/mol. The number of alkyl halides is 1. The van der Waals surface area contributed by atoms with E-state index >= 15 is 0 Å². The van der Waals surface area contributed by atoms with Crippen LogP contribution in [0.3, 0.4) is 0 Å². The summed E-state index contributed by atoms with van der Waals surface area (Å²) in [5.41, 5.74) is 2.81. The molecule has 146 valence electrons. The molecule has 0 spiro atoms. The Morgan fingerprint density at radius 1 is 0.517 bits per heavy atom. The molecule has 4 rings (SSSR count). The molecule has 0 amide bonds. The van der Waals surface area contributed by atoms with Crippen LogP contribution in [0.1, 0.15) is 11.1 Å². The lowest BCUT2D eigenvalue weighted by Gasteiger charge is -2.28. The van der Waals surface area contributed by atoms with E-state index in [2.05, 4.69) is 138 Å². The first-order chi connectivity index (χ1) is 13.8. The molecule has 0 nitrogen and oxygen atoms in total. The maximum atomic E-state index is 2.45. The number of halogens is 2. The van der Waals surface area contributed by atoms with Crippen LogP contribution in [-0.4, -0.2) is 0 Å². The van der Waals surface area contributed by atoms with Crippen molar-refractivity contribution < 1.29 is 24.0 Å². The van der Waals surface area contributed by atoms with Gasteiger partial charge >= 0.3 is 0 Å². The van der Waals surface area contributed by atoms with Gasteiger partial charge in [-0.25, -0.2) is 0 Å². The maximum absolute atomic E-state index is 2.45. The van der Waals surface area contributed by atoms with Crippen LogP contribution >= 0.6 is 29.9 Å². The second-order valence-electron chi connectivity index (χ2n) is 6.93. The minimum Gasteiger partial charge on any atom is -1.00 e. The molecule has 0 atom stereocenters. The summed E-state index contributed by atoms with van der Waals surface area (Å²) in [6.45, 7) is 0. The fourth-order valence-electron chi connectivity index (χ4n) is 3.85. The smallest absolute Gasteiger partial charge is 0.116 e. The number of benzene rings is 4. The highest BCUT2D eigenvalue weighted by molar-refractivity contribution is 14.1. The van der Waals surface area contributed by atoms with Crippen LogP contribution in [0, 0.1) is 0 Å². The molecule has 0 heterocycles. The highest BCUT2D eigenvalue weighted by Crippen LogP contribution is 2.58. The molecular formula is C26H23I2P. The van der Waals surface area contributed by atoms with Gasteiger partial charge in [-0.05, 0) is 47.5 Å². The lowest BCUT2D eigenvalue weighted by Crippen LogP contribution is -3.00. The number of hydrogen-bond donors (Lipinski definition) is 0. The van der Waals surface area contributed by atoms with Gasteiger partial charge in [0.05, 0.1) is 6.16 Å². The molecule has 0 bridgehead atoms. The van der Waals surface area contributed by atoms with Crippen molar-refractivity contribution in [3.8, 4) is 0 Å². The lowest BCUT2D eigenvalue weighted by atomic mass is 10.2. The average Bonchev–Trinajstić information content (AvgIpc) is 2.79. The molecule has 4 aromatic carbocycles. The van der Waals surface area contributed by atoms with Gasteiger partial charge in [-0.3, -0.25) is 0 Å². The van der Waals surface area contributed by atoms with Crippen molar-refractivity contribution in [1.29, 1.82) is 0 Å². The molecule has 3 heteroatoms. The van der Waals surface area contributed by atoms with Gasteiger partial charge in [0.2, 0.25) is 0 Å².